The predicted octanol–water partition coefficient (Wildman–Crippen LogP) is 5.00. The quantitative estimate of drug-likeness (QED) is 0.648. The average Bonchev–Trinajstić information content (AvgIpc) is 3.44. The topological polar surface area (TPSA) is 30.9 Å². The fraction of sp³-hybridized carbons (Fsp3) is 0.250. The van der Waals surface area contributed by atoms with Crippen molar-refractivity contribution in [3.05, 3.63) is 95.6 Å². The van der Waals surface area contributed by atoms with Crippen LogP contribution in [0.5, 0.6) is 5.75 Å². The first-order valence-corrected chi connectivity index (χ1v) is 9.74. The van der Waals surface area contributed by atoms with E-state index in [0.717, 1.165) is 11.4 Å². The van der Waals surface area contributed by atoms with E-state index in [1.807, 2.05) is 18.2 Å². The summed E-state index contributed by atoms with van der Waals surface area (Å²) in [5.41, 5.74) is 4.87. The lowest BCUT2D eigenvalue weighted by atomic mass is 9.77. The van der Waals surface area contributed by atoms with Crippen molar-refractivity contribution >= 4 is 5.69 Å². The molecule has 0 N–H and O–H groups in total. The number of nitrogens with zero attached hydrogens (tertiary/aromatic N) is 1. The van der Waals surface area contributed by atoms with Gasteiger partial charge < -0.3 is 9.47 Å². The Bertz CT molecular complexity index is 1000. The van der Waals surface area contributed by atoms with Gasteiger partial charge in [0.05, 0.1) is 24.9 Å². The molecule has 0 saturated carbocycles. The van der Waals surface area contributed by atoms with E-state index in [1.165, 1.54) is 16.7 Å². The van der Waals surface area contributed by atoms with Gasteiger partial charge in [-0.2, -0.15) is 0 Å². The van der Waals surface area contributed by atoms with Gasteiger partial charge in [0, 0.05) is 5.92 Å². The van der Waals surface area contributed by atoms with E-state index in [2.05, 4.69) is 65.7 Å². The number of anilines is 1. The van der Waals surface area contributed by atoms with Gasteiger partial charge in [-0.25, -0.2) is 5.06 Å². The van der Waals surface area contributed by atoms with Crippen LogP contribution in [-0.4, -0.2) is 13.2 Å². The van der Waals surface area contributed by atoms with E-state index in [1.54, 1.807) is 7.11 Å². The van der Waals surface area contributed by atoms with Crippen LogP contribution in [0, 0.1) is 5.92 Å². The van der Waals surface area contributed by atoms with Crippen molar-refractivity contribution in [2.24, 2.45) is 5.92 Å². The molecule has 0 aliphatic carbocycles. The summed E-state index contributed by atoms with van der Waals surface area (Å²) in [6, 6.07) is 27.3. The highest BCUT2D eigenvalue weighted by molar-refractivity contribution is 5.51. The highest BCUT2D eigenvalue weighted by Gasteiger charge is 2.61. The maximum atomic E-state index is 6.56. The van der Waals surface area contributed by atoms with Gasteiger partial charge in [-0.3, -0.25) is 4.84 Å². The maximum absolute atomic E-state index is 6.56. The fourth-order valence-corrected chi connectivity index (χ4v) is 5.04. The fourth-order valence-electron chi connectivity index (χ4n) is 5.04. The van der Waals surface area contributed by atoms with Gasteiger partial charge in [0.15, 0.2) is 0 Å². The summed E-state index contributed by atoms with van der Waals surface area (Å²) in [7, 11) is 1.70. The van der Waals surface area contributed by atoms with E-state index in [-0.39, 0.29) is 30.3 Å². The van der Waals surface area contributed by atoms with Gasteiger partial charge in [0.25, 0.3) is 0 Å². The second kappa shape index (κ2) is 6.09. The zero-order chi connectivity index (χ0) is 18.7. The maximum Gasteiger partial charge on any atom is 0.124 e. The van der Waals surface area contributed by atoms with Crippen LogP contribution in [0.4, 0.5) is 5.69 Å². The predicted molar refractivity (Wildman–Crippen MR) is 106 cm³/mol. The lowest BCUT2D eigenvalue weighted by Crippen LogP contribution is -2.27. The molecule has 4 heteroatoms. The molecule has 140 valence electrons. The van der Waals surface area contributed by atoms with Crippen molar-refractivity contribution in [2.45, 2.75) is 24.4 Å². The number of methoxy groups -OCH3 is 1. The molecule has 2 saturated heterocycles. The monoisotopic (exact) mass is 371 g/mol. The first-order chi connectivity index (χ1) is 13.8. The van der Waals surface area contributed by atoms with Crippen LogP contribution in [0.1, 0.15) is 34.9 Å². The number of hydrogen-bond acceptors (Lipinski definition) is 4. The van der Waals surface area contributed by atoms with Gasteiger partial charge >= 0.3 is 0 Å². The first kappa shape index (κ1) is 16.2. The van der Waals surface area contributed by atoms with E-state index in [4.69, 9.17) is 14.3 Å². The lowest BCUT2D eigenvalue weighted by Gasteiger charge is -2.29. The number of benzene rings is 3. The lowest BCUT2D eigenvalue weighted by molar-refractivity contribution is -0.0148. The summed E-state index contributed by atoms with van der Waals surface area (Å²) in [5.74, 6) is 1.11. The number of fused-ring (bicyclic) bond motifs is 8. The second-order valence-electron chi connectivity index (χ2n) is 7.63. The molecule has 5 atom stereocenters. The molecule has 3 heterocycles. The third-order valence-electron chi connectivity index (χ3n) is 6.25. The summed E-state index contributed by atoms with van der Waals surface area (Å²) in [6.07, 6.45) is 0.0832. The number of rotatable bonds is 3. The molecule has 0 aromatic heterocycles. The Kier molecular flexibility index (Phi) is 3.52. The molecule has 3 aliphatic rings. The van der Waals surface area contributed by atoms with Gasteiger partial charge in [0.1, 0.15) is 18.0 Å². The zero-order valence-electron chi connectivity index (χ0n) is 15.6. The Morgan fingerprint density at radius 1 is 0.786 bits per heavy atom. The number of para-hydroxylation sites is 1. The van der Waals surface area contributed by atoms with Crippen LogP contribution in [0.3, 0.4) is 0 Å². The molecule has 0 amide bonds. The Labute approximate surface area is 164 Å². The highest BCUT2D eigenvalue weighted by Crippen LogP contribution is 2.63. The molecule has 6 rings (SSSR count). The SMILES string of the molecule is COc1ccc([C@H]2[C@H]3[C@@H](ON2c2ccccc2)[C@H]2O[C@@H]3c3ccccc32)cc1. The minimum absolute atomic E-state index is 0.000612. The molecule has 0 spiro atoms. The molecule has 2 fully saturated rings. The molecule has 4 nitrogen and oxygen atoms in total. The molecule has 2 bridgehead atoms. The van der Waals surface area contributed by atoms with Crippen molar-refractivity contribution in [1.29, 1.82) is 0 Å². The second-order valence-corrected chi connectivity index (χ2v) is 7.63. The van der Waals surface area contributed by atoms with E-state index in [9.17, 15) is 0 Å². The molecule has 0 unspecified atom stereocenters. The molecular weight excluding hydrogens is 350 g/mol. The summed E-state index contributed by atoms with van der Waals surface area (Å²) >= 11 is 0. The minimum atomic E-state index is 0.000612. The van der Waals surface area contributed by atoms with E-state index < -0.39 is 0 Å². The third kappa shape index (κ3) is 2.19. The van der Waals surface area contributed by atoms with Crippen molar-refractivity contribution in [3.63, 3.8) is 0 Å². The largest absolute Gasteiger partial charge is 0.497 e. The minimum Gasteiger partial charge on any atom is -0.497 e. The number of ether oxygens (including phenoxy) is 2. The Balaban J connectivity index is 1.46. The van der Waals surface area contributed by atoms with Crippen LogP contribution in [0.15, 0.2) is 78.9 Å². The van der Waals surface area contributed by atoms with Crippen LogP contribution < -0.4 is 9.80 Å². The number of hydrogen-bond donors (Lipinski definition) is 0. The van der Waals surface area contributed by atoms with Crippen molar-refractivity contribution in [3.8, 4) is 5.75 Å². The summed E-state index contributed by atoms with van der Waals surface area (Å²) < 4.78 is 11.8. The molecule has 3 aliphatic heterocycles. The van der Waals surface area contributed by atoms with Crippen LogP contribution in [0.25, 0.3) is 0 Å². The van der Waals surface area contributed by atoms with Crippen LogP contribution in [0.2, 0.25) is 0 Å². The Morgan fingerprint density at radius 3 is 2.18 bits per heavy atom. The van der Waals surface area contributed by atoms with E-state index >= 15 is 0 Å². The molecular formula is C24H21NO3. The van der Waals surface area contributed by atoms with Crippen molar-refractivity contribution in [2.75, 3.05) is 12.2 Å². The number of hydroxylamine groups is 1. The zero-order valence-corrected chi connectivity index (χ0v) is 15.6. The normalized spacial score (nSPS) is 29.6. The summed E-state index contributed by atoms with van der Waals surface area (Å²) in [6.45, 7) is 0. The molecule has 3 aromatic rings. The molecule has 28 heavy (non-hydrogen) atoms. The van der Waals surface area contributed by atoms with Gasteiger partial charge in [-0.05, 0) is 41.0 Å². The standard InChI is InChI=1S/C24H21NO3/c1-26-17-13-11-15(12-14-17)21-20-22-18-9-5-6-10-19(18)23(27-22)24(20)28-25(21)16-7-3-2-4-8-16/h2-14,20-24H,1H3/t20-,21+,22-,23+,24-/m1/s1. The molecule has 0 radical (unpaired) electrons. The Hall–Kier alpha value is -2.82. The highest BCUT2D eigenvalue weighted by atomic mass is 16.7. The average molecular weight is 371 g/mol. The van der Waals surface area contributed by atoms with E-state index in [0.29, 0.717) is 0 Å². The van der Waals surface area contributed by atoms with Gasteiger partial charge in [-0.1, -0.05) is 54.6 Å². The smallest absolute Gasteiger partial charge is 0.124 e. The van der Waals surface area contributed by atoms with Crippen molar-refractivity contribution in [1.82, 2.24) is 0 Å². The van der Waals surface area contributed by atoms with Crippen LogP contribution in [-0.2, 0) is 9.57 Å². The van der Waals surface area contributed by atoms with Gasteiger partial charge in [-0.15, -0.1) is 0 Å². The molecule has 3 aromatic carbocycles. The summed E-state index contributed by atoms with van der Waals surface area (Å²) in [5, 5.41) is 2.09. The van der Waals surface area contributed by atoms with Crippen LogP contribution >= 0.6 is 0 Å². The van der Waals surface area contributed by atoms with Gasteiger partial charge in [0.2, 0.25) is 0 Å². The van der Waals surface area contributed by atoms with Crippen molar-refractivity contribution < 1.29 is 14.3 Å². The summed E-state index contributed by atoms with van der Waals surface area (Å²) in [4.78, 5) is 6.56. The Morgan fingerprint density at radius 2 is 1.46 bits per heavy atom. The first-order valence-electron chi connectivity index (χ1n) is 9.74. The third-order valence-corrected chi connectivity index (χ3v) is 6.25.